The smallest absolute Gasteiger partial charge is 0.123 e. The van der Waals surface area contributed by atoms with Gasteiger partial charge in [-0.25, -0.2) is 0 Å². The zero-order valence-electron chi connectivity index (χ0n) is 13.2. The first-order chi connectivity index (χ1) is 10.3. The van der Waals surface area contributed by atoms with Crippen LogP contribution in [0.1, 0.15) is 38.2 Å². The summed E-state index contributed by atoms with van der Waals surface area (Å²) < 4.78 is 6.02. The molecule has 3 heteroatoms. The van der Waals surface area contributed by atoms with E-state index in [9.17, 15) is 0 Å². The standard InChI is InChI=1S/C18H28N2O/c1-2-10-20-11-5-7-16(9-12-20)19-14-17-13-15-6-3-4-8-18(15)21-17/h3-4,6,8,16-17,19H,2,5,7,9-14H2,1H3. The van der Waals surface area contributed by atoms with Crippen LogP contribution in [0, 0.1) is 0 Å². The molecule has 1 aromatic carbocycles. The fourth-order valence-corrected chi connectivity index (χ4v) is 3.57. The normalized spacial score (nSPS) is 26.1. The summed E-state index contributed by atoms with van der Waals surface area (Å²) >= 11 is 0. The molecule has 0 radical (unpaired) electrons. The van der Waals surface area contributed by atoms with Crippen molar-refractivity contribution in [2.24, 2.45) is 0 Å². The van der Waals surface area contributed by atoms with Crippen molar-refractivity contribution >= 4 is 0 Å². The van der Waals surface area contributed by atoms with E-state index >= 15 is 0 Å². The van der Waals surface area contributed by atoms with E-state index in [0.717, 1.165) is 18.7 Å². The van der Waals surface area contributed by atoms with Gasteiger partial charge in [0.2, 0.25) is 0 Å². The lowest BCUT2D eigenvalue weighted by atomic mass is 10.1. The number of likely N-dealkylation sites (tertiary alicyclic amines) is 1. The molecule has 2 aliphatic rings. The topological polar surface area (TPSA) is 24.5 Å². The van der Waals surface area contributed by atoms with E-state index in [1.54, 1.807) is 0 Å². The van der Waals surface area contributed by atoms with E-state index < -0.39 is 0 Å². The lowest BCUT2D eigenvalue weighted by Gasteiger charge is -2.20. The minimum absolute atomic E-state index is 0.317. The minimum Gasteiger partial charge on any atom is -0.488 e. The van der Waals surface area contributed by atoms with Crippen LogP contribution in [0.5, 0.6) is 5.75 Å². The first-order valence-corrected chi connectivity index (χ1v) is 8.55. The SMILES string of the molecule is CCCN1CCCC(NCC2Cc3ccccc3O2)CC1. The third kappa shape index (κ3) is 3.98. The summed E-state index contributed by atoms with van der Waals surface area (Å²) in [6, 6.07) is 9.10. The first kappa shape index (κ1) is 14.9. The molecule has 1 saturated heterocycles. The van der Waals surface area contributed by atoms with Crippen LogP contribution >= 0.6 is 0 Å². The van der Waals surface area contributed by atoms with Crippen LogP contribution < -0.4 is 10.1 Å². The highest BCUT2D eigenvalue weighted by Gasteiger charge is 2.23. The van der Waals surface area contributed by atoms with Gasteiger partial charge < -0.3 is 15.0 Å². The lowest BCUT2D eigenvalue weighted by molar-refractivity contribution is 0.218. The van der Waals surface area contributed by atoms with Gasteiger partial charge in [0, 0.05) is 19.0 Å². The van der Waals surface area contributed by atoms with Crippen LogP contribution in [0.15, 0.2) is 24.3 Å². The molecule has 2 unspecified atom stereocenters. The van der Waals surface area contributed by atoms with Crippen LogP contribution in [-0.2, 0) is 6.42 Å². The summed E-state index contributed by atoms with van der Waals surface area (Å²) in [5, 5.41) is 3.75. The Morgan fingerprint density at radius 3 is 3.00 bits per heavy atom. The summed E-state index contributed by atoms with van der Waals surface area (Å²) in [7, 11) is 0. The van der Waals surface area contributed by atoms with Crippen molar-refractivity contribution in [1.82, 2.24) is 10.2 Å². The van der Waals surface area contributed by atoms with Crippen molar-refractivity contribution in [3.05, 3.63) is 29.8 Å². The third-order valence-electron chi connectivity index (χ3n) is 4.71. The Morgan fingerprint density at radius 1 is 1.24 bits per heavy atom. The number of nitrogens with one attached hydrogen (secondary N) is 1. The highest BCUT2D eigenvalue weighted by molar-refractivity contribution is 5.37. The summed E-state index contributed by atoms with van der Waals surface area (Å²) in [6.07, 6.45) is 6.55. The summed E-state index contributed by atoms with van der Waals surface area (Å²) in [5.74, 6) is 1.08. The van der Waals surface area contributed by atoms with Crippen molar-refractivity contribution in [3.8, 4) is 5.75 Å². The van der Waals surface area contributed by atoms with Crippen molar-refractivity contribution in [1.29, 1.82) is 0 Å². The molecule has 0 spiro atoms. The van der Waals surface area contributed by atoms with Crippen molar-refractivity contribution < 1.29 is 4.74 Å². The average molecular weight is 288 g/mol. The fraction of sp³-hybridized carbons (Fsp3) is 0.667. The van der Waals surface area contributed by atoms with E-state index in [4.69, 9.17) is 4.74 Å². The van der Waals surface area contributed by atoms with E-state index in [0.29, 0.717) is 12.1 Å². The maximum Gasteiger partial charge on any atom is 0.123 e. The number of ether oxygens (including phenoxy) is 1. The first-order valence-electron chi connectivity index (χ1n) is 8.55. The number of nitrogens with zero attached hydrogens (tertiary/aromatic N) is 1. The molecule has 1 aromatic rings. The largest absolute Gasteiger partial charge is 0.488 e. The van der Waals surface area contributed by atoms with E-state index in [1.807, 2.05) is 0 Å². The Balaban J connectivity index is 1.42. The minimum atomic E-state index is 0.317. The monoisotopic (exact) mass is 288 g/mol. The molecular formula is C18H28N2O. The molecule has 1 N–H and O–H groups in total. The van der Waals surface area contributed by atoms with Gasteiger partial charge in [-0.2, -0.15) is 0 Å². The van der Waals surface area contributed by atoms with Crippen LogP contribution in [0.25, 0.3) is 0 Å². The Labute approximate surface area is 128 Å². The zero-order valence-corrected chi connectivity index (χ0v) is 13.2. The van der Waals surface area contributed by atoms with Crippen molar-refractivity contribution in [2.75, 3.05) is 26.2 Å². The molecule has 0 aliphatic carbocycles. The maximum absolute atomic E-state index is 6.02. The molecule has 2 aliphatic heterocycles. The van der Waals surface area contributed by atoms with Gasteiger partial charge in [-0.15, -0.1) is 0 Å². The number of hydrogen-bond acceptors (Lipinski definition) is 3. The Bertz CT molecular complexity index is 424. The fourth-order valence-electron chi connectivity index (χ4n) is 3.57. The van der Waals surface area contributed by atoms with E-state index in [1.165, 1.54) is 50.9 Å². The summed E-state index contributed by atoms with van der Waals surface area (Å²) in [5.41, 5.74) is 1.36. The third-order valence-corrected chi connectivity index (χ3v) is 4.71. The second kappa shape index (κ2) is 7.28. The highest BCUT2D eigenvalue weighted by atomic mass is 16.5. The maximum atomic E-state index is 6.02. The second-order valence-electron chi connectivity index (χ2n) is 6.43. The Hall–Kier alpha value is -1.06. The number of fused-ring (bicyclic) bond motifs is 1. The molecule has 2 atom stereocenters. The molecule has 0 aromatic heterocycles. The van der Waals surface area contributed by atoms with E-state index in [2.05, 4.69) is 41.4 Å². The zero-order chi connectivity index (χ0) is 14.5. The summed E-state index contributed by atoms with van der Waals surface area (Å²) in [4.78, 5) is 2.61. The van der Waals surface area contributed by atoms with Gasteiger partial charge in [0.15, 0.2) is 0 Å². The number of benzene rings is 1. The van der Waals surface area contributed by atoms with Crippen molar-refractivity contribution in [2.45, 2.75) is 51.2 Å². The molecule has 2 heterocycles. The Morgan fingerprint density at radius 2 is 2.14 bits per heavy atom. The van der Waals surface area contributed by atoms with Crippen LogP contribution in [0.4, 0.5) is 0 Å². The molecule has 3 rings (SSSR count). The van der Waals surface area contributed by atoms with Gasteiger partial charge >= 0.3 is 0 Å². The molecule has 0 bridgehead atoms. The quantitative estimate of drug-likeness (QED) is 0.901. The summed E-state index contributed by atoms with van der Waals surface area (Å²) in [6.45, 7) is 7.03. The lowest BCUT2D eigenvalue weighted by Crippen LogP contribution is -2.38. The van der Waals surface area contributed by atoms with Gasteiger partial charge in [-0.05, 0) is 56.9 Å². The predicted molar refractivity (Wildman–Crippen MR) is 86.9 cm³/mol. The van der Waals surface area contributed by atoms with Crippen LogP contribution in [0.3, 0.4) is 0 Å². The molecular weight excluding hydrogens is 260 g/mol. The molecule has 0 saturated carbocycles. The Kier molecular flexibility index (Phi) is 5.15. The van der Waals surface area contributed by atoms with Gasteiger partial charge in [0.1, 0.15) is 11.9 Å². The van der Waals surface area contributed by atoms with Crippen LogP contribution in [0.2, 0.25) is 0 Å². The number of hydrogen-bond donors (Lipinski definition) is 1. The number of para-hydroxylation sites is 1. The number of rotatable bonds is 5. The molecule has 1 fully saturated rings. The van der Waals surface area contributed by atoms with Gasteiger partial charge in [-0.3, -0.25) is 0 Å². The molecule has 21 heavy (non-hydrogen) atoms. The van der Waals surface area contributed by atoms with Crippen molar-refractivity contribution in [3.63, 3.8) is 0 Å². The van der Waals surface area contributed by atoms with Crippen LogP contribution in [-0.4, -0.2) is 43.2 Å². The van der Waals surface area contributed by atoms with E-state index in [-0.39, 0.29) is 0 Å². The predicted octanol–water partition coefficient (Wildman–Crippen LogP) is 2.84. The molecule has 0 amide bonds. The second-order valence-corrected chi connectivity index (χ2v) is 6.43. The highest BCUT2D eigenvalue weighted by Crippen LogP contribution is 2.27. The van der Waals surface area contributed by atoms with Gasteiger partial charge in [0.25, 0.3) is 0 Å². The average Bonchev–Trinajstić information content (AvgIpc) is 2.79. The molecule has 116 valence electrons. The van der Waals surface area contributed by atoms with Gasteiger partial charge in [0.05, 0.1) is 0 Å². The van der Waals surface area contributed by atoms with Gasteiger partial charge in [-0.1, -0.05) is 25.1 Å². The molecule has 3 nitrogen and oxygen atoms in total.